The van der Waals surface area contributed by atoms with E-state index in [2.05, 4.69) is 15.1 Å². The first-order valence-electron chi connectivity index (χ1n) is 9.66. The summed E-state index contributed by atoms with van der Waals surface area (Å²) < 4.78 is 13.9. The molecule has 1 aliphatic heterocycles. The predicted octanol–water partition coefficient (Wildman–Crippen LogP) is 3.19. The number of anilines is 1. The lowest BCUT2D eigenvalue weighted by atomic mass is 10.1. The smallest absolute Gasteiger partial charge is 0.274 e. The first-order chi connectivity index (χ1) is 13.9. The van der Waals surface area contributed by atoms with Crippen molar-refractivity contribution in [2.45, 2.75) is 19.9 Å². The molecule has 1 heterocycles. The SMILES string of the molecule is Cc1c(NC(=O)CN2CCCN(Cc3ccccc3F)CC2)cccc1[N+](=O)[O-]. The van der Waals surface area contributed by atoms with Gasteiger partial charge in [0.15, 0.2) is 0 Å². The number of rotatable bonds is 6. The molecule has 0 atom stereocenters. The summed E-state index contributed by atoms with van der Waals surface area (Å²) >= 11 is 0. The second-order valence-corrected chi connectivity index (χ2v) is 7.25. The Hall–Kier alpha value is -2.84. The summed E-state index contributed by atoms with van der Waals surface area (Å²) in [4.78, 5) is 27.3. The van der Waals surface area contributed by atoms with Gasteiger partial charge in [0.25, 0.3) is 5.69 Å². The molecule has 8 heteroatoms. The molecule has 0 radical (unpaired) electrons. The zero-order chi connectivity index (χ0) is 20.8. The third-order valence-corrected chi connectivity index (χ3v) is 5.18. The summed E-state index contributed by atoms with van der Waals surface area (Å²) in [5.74, 6) is -0.392. The summed E-state index contributed by atoms with van der Waals surface area (Å²) in [5, 5.41) is 13.8. The zero-order valence-electron chi connectivity index (χ0n) is 16.4. The van der Waals surface area contributed by atoms with Gasteiger partial charge in [0.2, 0.25) is 5.91 Å². The van der Waals surface area contributed by atoms with Crippen LogP contribution in [0.4, 0.5) is 15.8 Å². The van der Waals surface area contributed by atoms with Gasteiger partial charge >= 0.3 is 0 Å². The highest BCUT2D eigenvalue weighted by molar-refractivity contribution is 5.93. The van der Waals surface area contributed by atoms with Crippen molar-refractivity contribution in [1.82, 2.24) is 9.80 Å². The molecular formula is C21H25FN4O3. The number of amides is 1. The van der Waals surface area contributed by atoms with Crippen LogP contribution in [0.1, 0.15) is 17.5 Å². The lowest BCUT2D eigenvalue weighted by Gasteiger charge is -2.22. The maximum Gasteiger partial charge on any atom is 0.274 e. The van der Waals surface area contributed by atoms with Crippen molar-refractivity contribution >= 4 is 17.3 Å². The van der Waals surface area contributed by atoms with E-state index in [1.165, 1.54) is 12.1 Å². The number of nitrogens with one attached hydrogen (secondary N) is 1. The molecule has 0 aromatic heterocycles. The lowest BCUT2D eigenvalue weighted by Crippen LogP contribution is -2.36. The number of hydrogen-bond acceptors (Lipinski definition) is 5. The molecule has 2 aromatic rings. The van der Waals surface area contributed by atoms with Gasteiger partial charge in [-0.25, -0.2) is 4.39 Å². The lowest BCUT2D eigenvalue weighted by molar-refractivity contribution is -0.385. The van der Waals surface area contributed by atoms with Crippen molar-refractivity contribution in [2.75, 3.05) is 38.0 Å². The molecule has 154 valence electrons. The Bertz CT molecular complexity index is 890. The molecule has 1 saturated heterocycles. The van der Waals surface area contributed by atoms with E-state index in [0.717, 1.165) is 26.1 Å². The van der Waals surface area contributed by atoms with Crippen LogP contribution in [-0.4, -0.2) is 53.4 Å². The van der Waals surface area contributed by atoms with Crippen LogP contribution in [0.15, 0.2) is 42.5 Å². The number of nitrogens with zero attached hydrogens (tertiary/aromatic N) is 3. The zero-order valence-corrected chi connectivity index (χ0v) is 16.4. The largest absolute Gasteiger partial charge is 0.324 e. The van der Waals surface area contributed by atoms with Gasteiger partial charge in [0.05, 0.1) is 22.7 Å². The second-order valence-electron chi connectivity index (χ2n) is 7.25. The number of halogens is 1. The van der Waals surface area contributed by atoms with E-state index in [0.29, 0.717) is 29.9 Å². The van der Waals surface area contributed by atoms with Gasteiger partial charge in [-0.3, -0.25) is 24.7 Å². The molecule has 1 aliphatic rings. The molecule has 0 bridgehead atoms. The van der Waals surface area contributed by atoms with E-state index < -0.39 is 4.92 Å². The molecule has 0 aliphatic carbocycles. The number of carbonyl (C=O) groups excluding carboxylic acids is 1. The van der Waals surface area contributed by atoms with E-state index in [-0.39, 0.29) is 24.0 Å². The van der Waals surface area contributed by atoms with E-state index in [1.807, 2.05) is 6.07 Å². The Morgan fingerprint density at radius 3 is 2.59 bits per heavy atom. The van der Waals surface area contributed by atoms with Gasteiger partial charge in [0, 0.05) is 31.3 Å². The molecular weight excluding hydrogens is 375 g/mol. The molecule has 1 amide bonds. The fourth-order valence-corrected chi connectivity index (χ4v) is 3.56. The molecule has 29 heavy (non-hydrogen) atoms. The monoisotopic (exact) mass is 400 g/mol. The standard InChI is InChI=1S/C21H25FN4O3/c1-16-19(8-4-9-20(16)26(28)29)23-21(27)15-25-11-5-10-24(12-13-25)14-17-6-2-3-7-18(17)22/h2-4,6-9H,5,10-15H2,1H3,(H,23,27). The van der Waals surface area contributed by atoms with E-state index in [9.17, 15) is 19.3 Å². The highest BCUT2D eigenvalue weighted by Gasteiger charge is 2.19. The van der Waals surface area contributed by atoms with Crippen LogP contribution < -0.4 is 5.32 Å². The Kier molecular flexibility index (Phi) is 6.90. The Morgan fingerprint density at radius 1 is 1.10 bits per heavy atom. The molecule has 3 rings (SSSR count). The van der Waals surface area contributed by atoms with E-state index >= 15 is 0 Å². The van der Waals surface area contributed by atoms with E-state index in [4.69, 9.17) is 0 Å². The van der Waals surface area contributed by atoms with Crippen molar-refractivity contribution in [1.29, 1.82) is 0 Å². The minimum atomic E-state index is -0.454. The maximum atomic E-state index is 13.9. The number of hydrogen-bond donors (Lipinski definition) is 1. The Morgan fingerprint density at radius 2 is 1.83 bits per heavy atom. The summed E-state index contributed by atoms with van der Waals surface area (Å²) in [6.07, 6.45) is 0.886. The van der Waals surface area contributed by atoms with Gasteiger partial charge in [-0.2, -0.15) is 0 Å². The van der Waals surface area contributed by atoms with Crippen molar-refractivity contribution in [3.05, 3.63) is 69.5 Å². The van der Waals surface area contributed by atoms with Crippen molar-refractivity contribution in [3.63, 3.8) is 0 Å². The van der Waals surface area contributed by atoms with Crippen molar-refractivity contribution in [2.24, 2.45) is 0 Å². The highest BCUT2D eigenvalue weighted by atomic mass is 19.1. The normalized spacial score (nSPS) is 15.7. The fourth-order valence-electron chi connectivity index (χ4n) is 3.56. The molecule has 0 unspecified atom stereocenters. The molecule has 1 N–H and O–H groups in total. The first-order valence-corrected chi connectivity index (χ1v) is 9.66. The average molecular weight is 400 g/mol. The van der Waals surface area contributed by atoms with Crippen molar-refractivity contribution < 1.29 is 14.1 Å². The third-order valence-electron chi connectivity index (χ3n) is 5.18. The quantitative estimate of drug-likeness (QED) is 0.595. The summed E-state index contributed by atoms with van der Waals surface area (Å²) in [6.45, 7) is 5.47. The minimum absolute atomic E-state index is 0.0126. The summed E-state index contributed by atoms with van der Waals surface area (Å²) in [6, 6.07) is 11.4. The minimum Gasteiger partial charge on any atom is -0.324 e. The van der Waals surface area contributed by atoms with Crippen LogP contribution >= 0.6 is 0 Å². The fraction of sp³-hybridized carbons (Fsp3) is 0.381. The Labute approximate surface area is 169 Å². The third kappa shape index (κ3) is 5.58. The van der Waals surface area contributed by atoms with Crippen LogP contribution in [0.25, 0.3) is 0 Å². The average Bonchev–Trinajstić information content (AvgIpc) is 2.90. The van der Waals surface area contributed by atoms with Crippen LogP contribution in [0, 0.1) is 22.9 Å². The van der Waals surface area contributed by atoms with Gasteiger partial charge in [-0.05, 0) is 38.6 Å². The van der Waals surface area contributed by atoms with E-state index in [1.54, 1.807) is 31.2 Å². The number of carbonyl (C=O) groups is 1. The van der Waals surface area contributed by atoms with Gasteiger partial charge in [-0.15, -0.1) is 0 Å². The van der Waals surface area contributed by atoms with Gasteiger partial charge < -0.3 is 5.32 Å². The highest BCUT2D eigenvalue weighted by Crippen LogP contribution is 2.25. The summed E-state index contributed by atoms with van der Waals surface area (Å²) in [7, 11) is 0. The molecule has 0 spiro atoms. The predicted molar refractivity (Wildman–Crippen MR) is 109 cm³/mol. The van der Waals surface area contributed by atoms with Crippen LogP contribution in [-0.2, 0) is 11.3 Å². The molecule has 1 fully saturated rings. The number of nitro benzene ring substituents is 1. The molecule has 0 saturated carbocycles. The summed E-state index contributed by atoms with van der Waals surface area (Å²) in [5.41, 5.74) is 1.57. The van der Waals surface area contributed by atoms with Gasteiger partial charge in [0.1, 0.15) is 5.82 Å². The maximum absolute atomic E-state index is 13.9. The number of nitro groups is 1. The second kappa shape index (κ2) is 9.58. The first kappa shape index (κ1) is 20.9. The van der Waals surface area contributed by atoms with Crippen LogP contribution in [0.2, 0.25) is 0 Å². The Balaban J connectivity index is 1.54. The van der Waals surface area contributed by atoms with Crippen LogP contribution in [0.3, 0.4) is 0 Å². The number of benzene rings is 2. The van der Waals surface area contributed by atoms with Gasteiger partial charge in [-0.1, -0.05) is 24.3 Å². The van der Waals surface area contributed by atoms with Crippen LogP contribution in [0.5, 0.6) is 0 Å². The topological polar surface area (TPSA) is 78.7 Å². The molecule has 7 nitrogen and oxygen atoms in total. The van der Waals surface area contributed by atoms with Crippen molar-refractivity contribution in [3.8, 4) is 0 Å². The molecule has 2 aromatic carbocycles.